The molecule has 0 spiro atoms. The first kappa shape index (κ1) is 18.0. The van der Waals surface area contributed by atoms with Crippen LogP contribution in [-0.2, 0) is 65.4 Å². The Balaban J connectivity index is -0.000000213. The van der Waals surface area contributed by atoms with E-state index in [4.69, 9.17) is 5.73 Å². The molecule has 1 rings (SSSR count). The number of nitrogen functional groups attached to an aromatic ring is 1. The van der Waals surface area contributed by atoms with Gasteiger partial charge in [0, 0.05) is 65.4 Å². The molecule has 56 valence electrons. The molecule has 0 heterocycles. The minimum atomic E-state index is 0. The molecule has 0 atom stereocenters. The summed E-state index contributed by atoms with van der Waals surface area (Å²) >= 11 is 0. The molecule has 0 saturated heterocycles. The SMILES string of the molecule is [CH2-]c1ccccc1N.[CH3-].[Y].[Y]. The van der Waals surface area contributed by atoms with Crippen LogP contribution in [0.25, 0.3) is 0 Å². The number of anilines is 1. The topological polar surface area (TPSA) is 26.0 Å². The van der Waals surface area contributed by atoms with Crippen molar-refractivity contribution in [1.29, 1.82) is 0 Å². The molecule has 0 saturated carbocycles. The maximum absolute atomic E-state index is 5.46. The number of rotatable bonds is 0. The van der Waals surface area contributed by atoms with Crippen molar-refractivity contribution in [2.45, 2.75) is 0 Å². The Hall–Kier alpha value is 1.10. The number of para-hydroxylation sites is 1. The first-order valence-corrected chi connectivity index (χ1v) is 2.47. The second kappa shape index (κ2) is 9.19. The van der Waals surface area contributed by atoms with E-state index in [1.807, 2.05) is 24.3 Å². The van der Waals surface area contributed by atoms with Crippen molar-refractivity contribution in [2.75, 3.05) is 5.73 Å². The van der Waals surface area contributed by atoms with Gasteiger partial charge >= 0.3 is 0 Å². The maximum Gasteiger partial charge on any atom is 0 e. The summed E-state index contributed by atoms with van der Waals surface area (Å²) in [5.74, 6) is 0. The summed E-state index contributed by atoms with van der Waals surface area (Å²) in [6.07, 6.45) is 0. The van der Waals surface area contributed by atoms with E-state index in [0.717, 1.165) is 11.3 Å². The van der Waals surface area contributed by atoms with Gasteiger partial charge in [-0.1, -0.05) is 17.8 Å². The Morgan fingerprint density at radius 3 is 1.82 bits per heavy atom. The van der Waals surface area contributed by atoms with Gasteiger partial charge in [0.1, 0.15) is 0 Å². The first-order valence-electron chi connectivity index (χ1n) is 2.47. The Labute approximate surface area is 119 Å². The van der Waals surface area contributed by atoms with Gasteiger partial charge in [0.15, 0.2) is 0 Å². The van der Waals surface area contributed by atoms with Gasteiger partial charge in [-0.15, -0.1) is 6.07 Å². The Kier molecular flexibility index (Phi) is 15.0. The van der Waals surface area contributed by atoms with Crippen molar-refractivity contribution in [3.05, 3.63) is 44.2 Å². The van der Waals surface area contributed by atoms with Gasteiger partial charge in [0.2, 0.25) is 0 Å². The summed E-state index contributed by atoms with van der Waals surface area (Å²) in [6.45, 7) is 3.70. The van der Waals surface area contributed by atoms with Crippen LogP contribution in [0.5, 0.6) is 0 Å². The quantitative estimate of drug-likeness (QED) is 0.574. The molecule has 0 amide bonds. The van der Waals surface area contributed by atoms with Crippen molar-refractivity contribution in [3.63, 3.8) is 0 Å². The molecule has 0 aliphatic heterocycles. The van der Waals surface area contributed by atoms with E-state index in [9.17, 15) is 0 Å². The zero-order valence-corrected chi connectivity index (χ0v) is 12.4. The van der Waals surface area contributed by atoms with Gasteiger partial charge in [-0.25, -0.2) is 0 Å². The molecule has 1 aromatic carbocycles. The molecule has 0 aliphatic carbocycles. The van der Waals surface area contributed by atoms with E-state index >= 15 is 0 Å². The van der Waals surface area contributed by atoms with E-state index < -0.39 is 0 Å². The van der Waals surface area contributed by atoms with Crippen LogP contribution in [-0.4, -0.2) is 0 Å². The zero-order chi connectivity index (χ0) is 5.98. The Morgan fingerprint density at radius 2 is 1.55 bits per heavy atom. The molecule has 2 N–H and O–H groups in total. The molecule has 0 aromatic heterocycles. The van der Waals surface area contributed by atoms with Crippen molar-refractivity contribution in [1.82, 2.24) is 0 Å². The van der Waals surface area contributed by atoms with E-state index in [1.54, 1.807) is 0 Å². The molecule has 0 fully saturated rings. The van der Waals surface area contributed by atoms with E-state index in [1.165, 1.54) is 0 Å². The van der Waals surface area contributed by atoms with Gasteiger partial charge in [0.05, 0.1) is 0 Å². The van der Waals surface area contributed by atoms with Gasteiger partial charge < -0.3 is 13.2 Å². The predicted molar refractivity (Wildman–Crippen MR) is 41.7 cm³/mol. The van der Waals surface area contributed by atoms with Gasteiger partial charge in [-0.2, -0.15) is 18.6 Å². The number of hydrogen-bond donors (Lipinski definition) is 1. The Morgan fingerprint density at radius 1 is 1.09 bits per heavy atom. The molecule has 0 unspecified atom stereocenters. The summed E-state index contributed by atoms with van der Waals surface area (Å²) in [4.78, 5) is 0. The van der Waals surface area contributed by atoms with E-state index in [2.05, 4.69) is 6.92 Å². The molecular formula is C8H11NY2-2. The van der Waals surface area contributed by atoms with Gasteiger partial charge in [0.25, 0.3) is 0 Å². The zero-order valence-electron chi connectivity index (χ0n) is 6.75. The number of nitrogens with two attached hydrogens (primary N) is 1. The fourth-order valence-corrected chi connectivity index (χ4v) is 0.534. The molecule has 0 aliphatic rings. The van der Waals surface area contributed by atoms with Crippen LogP contribution >= 0.6 is 0 Å². The number of benzene rings is 1. The van der Waals surface area contributed by atoms with Crippen LogP contribution in [0.1, 0.15) is 5.56 Å². The molecule has 11 heavy (non-hydrogen) atoms. The summed E-state index contributed by atoms with van der Waals surface area (Å²) in [5.41, 5.74) is 7.11. The fourth-order valence-electron chi connectivity index (χ4n) is 0.534. The minimum absolute atomic E-state index is 0. The van der Waals surface area contributed by atoms with Crippen molar-refractivity contribution in [3.8, 4) is 0 Å². The average molecular weight is 299 g/mol. The average Bonchev–Trinajstić information content (AvgIpc) is 1.77. The molecule has 1 aromatic rings. The monoisotopic (exact) mass is 299 g/mol. The predicted octanol–water partition coefficient (Wildman–Crippen LogP) is 1.90. The third-order valence-corrected chi connectivity index (χ3v) is 1.06. The Bertz CT molecular complexity index is 168. The largest absolute Gasteiger partial charge is 0.449 e. The second-order valence-electron chi connectivity index (χ2n) is 1.70. The summed E-state index contributed by atoms with van der Waals surface area (Å²) in [6, 6.07) is 7.53. The maximum atomic E-state index is 5.46. The van der Waals surface area contributed by atoms with Crippen molar-refractivity contribution < 1.29 is 65.4 Å². The molecule has 3 heteroatoms. The van der Waals surface area contributed by atoms with Crippen LogP contribution in [0.3, 0.4) is 0 Å². The molecular weight excluding hydrogens is 288 g/mol. The third-order valence-electron chi connectivity index (χ3n) is 1.06. The second-order valence-corrected chi connectivity index (χ2v) is 1.70. The summed E-state index contributed by atoms with van der Waals surface area (Å²) < 4.78 is 0. The van der Waals surface area contributed by atoms with Crippen LogP contribution in [0, 0.1) is 14.4 Å². The molecule has 2 radical (unpaired) electrons. The number of hydrogen-bond acceptors (Lipinski definition) is 1. The van der Waals surface area contributed by atoms with E-state index in [-0.39, 0.29) is 72.8 Å². The normalized spacial score (nSPS) is 6.55. The minimum Gasteiger partial charge on any atom is -0.449 e. The van der Waals surface area contributed by atoms with E-state index in [0.29, 0.717) is 0 Å². The molecule has 1 nitrogen and oxygen atoms in total. The van der Waals surface area contributed by atoms with Gasteiger partial charge in [-0.05, 0) is 0 Å². The van der Waals surface area contributed by atoms with Crippen LogP contribution in [0.15, 0.2) is 24.3 Å². The standard InChI is InChI=1S/C7H8N.CH3.2Y/c1-6-4-2-3-5-7(6)8;;;/h2-5H,1,8H2;1H3;;/q2*-1;;. The van der Waals surface area contributed by atoms with Crippen LogP contribution in [0.2, 0.25) is 0 Å². The third kappa shape index (κ3) is 6.28. The van der Waals surface area contributed by atoms with Gasteiger partial charge in [-0.3, -0.25) is 0 Å². The first-order chi connectivity index (χ1) is 3.80. The molecule has 0 bridgehead atoms. The fraction of sp³-hybridized carbons (Fsp3) is 0. The van der Waals surface area contributed by atoms with Crippen LogP contribution in [0.4, 0.5) is 5.69 Å². The van der Waals surface area contributed by atoms with Crippen LogP contribution < -0.4 is 5.73 Å². The van der Waals surface area contributed by atoms with Crippen molar-refractivity contribution >= 4 is 5.69 Å². The smallest absolute Gasteiger partial charge is 0 e. The van der Waals surface area contributed by atoms with Crippen molar-refractivity contribution in [2.24, 2.45) is 0 Å². The summed E-state index contributed by atoms with van der Waals surface area (Å²) in [7, 11) is 0. The summed E-state index contributed by atoms with van der Waals surface area (Å²) in [5, 5.41) is 0.